The lowest BCUT2D eigenvalue weighted by Gasteiger charge is -2.27. The largest absolute Gasteiger partial charge is 0.317 e. The first-order valence-corrected chi connectivity index (χ1v) is 8.20. The van der Waals surface area contributed by atoms with E-state index in [-0.39, 0.29) is 0 Å². The van der Waals surface area contributed by atoms with Crippen molar-refractivity contribution in [1.29, 1.82) is 0 Å². The summed E-state index contributed by atoms with van der Waals surface area (Å²) in [5.74, 6) is 3.24. The van der Waals surface area contributed by atoms with Gasteiger partial charge in [0.2, 0.25) is 0 Å². The summed E-state index contributed by atoms with van der Waals surface area (Å²) in [7, 11) is 2.17. The normalized spacial score (nSPS) is 36.7. The van der Waals surface area contributed by atoms with Crippen LogP contribution in [0.15, 0.2) is 11.6 Å². The lowest BCUT2D eigenvalue weighted by molar-refractivity contribution is 0.280. The Labute approximate surface area is 112 Å². The van der Waals surface area contributed by atoms with Crippen LogP contribution in [0.25, 0.3) is 0 Å². The van der Waals surface area contributed by atoms with E-state index in [1.807, 2.05) is 0 Å². The maximum Gasteiger partial charge on any atom is 0.0104 e. The van der Waals surface area contributed by atoms with E-state index in [4.69, 9.17) is 0 Å². The highest BCUT2D eigenvalue weighted by Crippen LogP contribution is 2.50. The predicted molar refractivity (Wildman–Crippen MR) is 77.6 cm³/mol. The molecule has 0 amide bonds. The molecule has 1 heteroatoms. The third-order valence-corrected chi connectivity index (χ3v) is 5.77. The van der Waals surface area contributed by atoms with Gasteiger partial charge in [0.25, 0.3) is 0 Å². The molecule has 0 heterocycles. The Kier molecular flexibility index (Phi) is 4.08. The summed E-state index contributed by atoms with van der Waals surface area (Å²) in [6.07, 6.45) is 17.0. The third-order valence-electron chi connectivity index (χ3n) is 5.77. The van der Waals surface area contributed by atoms with Crippen molar-refractivity contribution in [2.75, 3.05) is 7.05 Å². The van der Waals surface area contributed by atoms with Crippen LogP contribution in [-0.2, 0) is 0 Å². The van der Waals surface area contributed by atoms with E-state index in [0.717, 1.165) is 23.8 Å². The maximum atomic E-state index is 3.59. The molecule has 102 valence electrons. The van der Waals surface area contributed by atoms with Crippen LogP contribution in [0.3, 0.4) is 0 Å². The van der Waals surface area contributed by atoms with Gasteiger partial charge in [0.1, 0.15) is 0 Å². The van der Waals surface area contributed by atoms with Gasteiger partial charge in [0, 0.05) is 6.04 Å². The number of hydrogen-bond donors (Lipinski definition) is 1. The van der Waals surface area contributed by atoms with Crippen molar-refractivity contribution in [2.45, 2.75) is 70.3 Å². The van der Waals surface area contributed by atoms with E-state index in [0.29, 0.717) is 0 Å². The van der Waals surface area contributed by atoms with Crippen LogP contribution >= 0.6 is 0 Å². The molecule has 0 aromatic carbocycles. The molecule has 0 aromatic heterocycles. The molecule has 1 N–H and O–H groups in total. The van der Waals surface area contributed by atoms with Crippen molar-refractivity contribution in [3.8, 4) is 0 Å². The highest BCUT2D eigenvalue weighted by Gasteiger charge is 2.39. The second-order valence-electron chi connectivity index (χ2n) is 6.97. The molecule has 3 aliphatic rings. The molecule has 3 rings (SSSR count). The van der Waals surface area contributed by atoms with Crippen LogP contribution in [-0.4, -0.2) is 13.1 Å². The number of hydrogen-bond acceptors (Lipinski definition) is 1. The Balaban J connectivity index is 1.51. The minimum absolute atomic E-state index is 0.749. The van der Waals surface area contributed by atoms with E-state index < -0.39 is 0 Å². The minimum atomic E-state index is 0.749. The Morgan fingerprint density at radius 1 is 1.28 bits per heavy atom. The first kappa shape index (κ1) is 12.7. The summed E-state index contributed by atoms with van der Waals surface area (Å²) in [5.41, 5.74) is 1.74. The summed E-state index contributed by atoms with van der Waals surface area (Å²) in [4.78, 5) is 0. The first-order chi connectivity index (χ1) is 8.85. The van der Waals surface area contributed by atoms with Crippen LogP contribution in [0.2, 0.25) is 0 Å². The quantitative estimate of drug-likeness (QED) is 0.715. The van der Waals surface area contributed by atoms with Gasteiger partial charge < -0.3 is 5.32 Å². The van der Waals surface area contributed by atoms with E-state index in [1.54, 1.807) is 18.4 Å². The van der Waals surface area contributed by atoms with Crippen molar-refractivity contribution >= 4 is 0 Å². The van der Waals surface area contributed by atoms with Crippen molar-refractivity contribution < 1.29 is 0 Å². The molecule has 2 fully saturated rings. The fraction of sp³-hybridized carbons (Fsp3) is 0.882. The molecule has 1 nitrogen and oxygen atoms in total. The van der Waals surface area contributed by atoms with Crippen molar-refractivity contribution in [2.24, 2.45) is 17.8 Å². The molecule has 2 saturated carbocycles. The molecule has 0 radical (unpaired) electrons. The molecule has 0 aliphatic heterocycles. The van der Waals surface area contributed by atoms with Crippen LogP contribution in [0.5, 0.6) is 0 Å². The average molecular weight is 247 g/mol. The number of rotatable bonds is 5. The van der Waals surface area contributed by atoms with E-state index in [2.05, 4.69) is 18.4 Å². The fourth-order valence-electron chi connectivity index (χ4n) is 4.74. The first-order valence-electron chi connectivity index (χ1n) is 8.20. The topological polar surface area (TPSA) is 12.0 Å². The zero-order valence-electron chi connectivity index (χ0n) is 12.0. The van der Waals surface area contributed by atoms with Gasteiger partial charge in [0.15, 0.2) is 0 Å². The van der Waals surface area contributed by atoms with Crippen LogP contribution in [0, 0.1) is 17.8 Å². The van der Waals surface area contributed by atoms with Gasteiger partial charge in [-0.05, 0) is 82.6 Å². The van der Waals surface area contributed by atoms with E-state index in [9.17, 15) is 0 Å². The highest BCUT2D eigenvalue weighted by atomic mass is 14.9. The fourth-order valence-corrected chi connectivity index (χ4v) is 4.74. The average Bonchev–Trinajstić information content (AvgIpc) is 3.01. The molecule has 0 spiro atoms. The van der Waals surface area contributed by atoms with Gasteiger partial charge in [-0.2, -0.15) is 0 Å². The van der Waals surface area contributed by atoms with Crippen molar-refractivity contribution in [3.63, 3.8) is 0 Å². The van der Waals surface area contributed by atoms with E-state index >= 15 is 0 Å². The van der Waals surface area contributed by atoms with Gasteiger partial charge in [-0.1, -0.05) is 18.1 Å². The van der Waals surface area contributed by atoms with Crippen LogP contribution in [0.4, 0.5) is 0 Å². The molecular formula is C17H29N. The van der Waals surface area contributed by atoms with Gasteiger partial charge in [0.05, 0.1) is 0 Å². The van der Waals surface area contributed by atoms with Crippen LogP contribution in [0.1, 0.15) is 64.2 Å². The smallest absolute Gasteiger partial charge is 0.0104 e. The lowest BCUT2D eigenvalue weighted by Crippen LogP contribution is -2.30. The van der Waals surface area contributed by atoms with Gasteiger partial charge >= 0.3 is 0 Å². The third kappa shape index (κ3) is 2.82. The zero-order chi connectivity index (χ0) is 12.4. The molecule has 0 aromatic rings. The summed E-state index contributed by atoms with van der Waals surface area (Å²) in [6.45, 7) is 0. The standard InChI is InChI=1S/C17H29N/c1-18-17(11-13-5-3-2-4-6-13)12-16-10-14-7-8-15(16)9-14/h5,14-18H,2-4,6-12H2,1H3. The maximum absolute atomic E-state index is 3.59. The molecule has 18 heavy (non-hydrogen) atoms. The van der Waals surface area contributed by atoms with Crippen LogP contribution < -0.4 is 5.32 Å². The van der Waals surface area contributed by atoms with Crippen molar-refractivity contribution in [1.82, 2.24) is 5.32 Å². The Morgan fingerprint density at radius 3 is 2.83 bits per heavy atom. The minimum Gasteiger partial charge on any atom is -0.317 e. The van der Waals surface area contributed by atoms with Gasteiger partial charge in [-0.15, -0.1) is 0 Å². The SMILES string of the molecule is CNC(CC1=CCCCC1)CC1CC2CCC1C2. The number of allylic oxidation sites excluding steroid dienone is 1. The van der Waals surface area contributed by atoms with Crippen molar-refractivity contribution in [3.05, 3.63) is 11.6 Å². The zero-order valence-corrected chi connectivity index (χ0v) is 12.0. The number of fused-ring (bicyclic) bond motifs is 2. The Bertz CT molecular complexity index is 307. The molecule has 0 saturated heterocycles. The second kappa shape index (κ2) is 5.77. The molecule has 4 atom stereocenters. The molecule has 2 bridgehead atoms. The Morgan fingerprint density at radius 2 is 2.22 bits per heavy atom. The van der Waals surface area contributed by atoms with Gasteiger partial charge in [-0.25, -0.2) is 0 Å². The predicted octanol–water partition coefficient (Wildman–Crippen LogP) is 4.29. The van der Waals surface area contributed by atoms with Gasteiger partial charge in [-0.3, -0.25) is 0 Å². The molecular weight excluding hydrogens is 218 g/mol. The summed E-state index contributed by atoms with van der Waals surface area (Å²) < 4.78 is 0. The summed E-state index contributed by atoms with van der Waals surface area (Å²) in [5, 5.41) is 3.59. The summed E-state index contributed by atoms with van der Waals surface area (Å²) >= 11 is 0. The second-order valence-corrected chi connectivity index (χ2v) is 6.97. The lowest BCUT2D eigenvalue weighted by atomic mass is 9.82. The van der Waals surface area contributed by atoms with E-state index in [1.165, 1.54) is 51.4 Å². The monoisotopic (exact) mass is 247 g/mol. The molecule has 3 aliphatic carbocycles. The highest BCUT2D eigenvalue weighted by molar-refractivity contribution is 5.07. The number of nitrogens with one attached hydrogen (secondary N) is 1. The Hall–Kier alpha value is -0.300. The molecule has 4 unspecified atom stereocenters. The summed E-state index contributed by atoms with van der Waals surface area (Å²) in [6, 6.07) is 0.749.